The van der Waals surface area contributed by atoms with Gasteiger partial charge in [-0.15, -0.1) is 0 Å². The molecular weight excluding hydrogens is 238 g/mol. The van der Waals surface area contributed by atoms with E-state index in [0.29, 0.717) is 0 Å². The van der Waals surface area contributed by atoms with Gasteiger partial charge in [-0.3, -0.25) is 4.98 Å². The first-order valence-electron chi connectivity index (χ1n) is 6.25. The summed E-state index contributed by atoms with van der Waals surface area (Å²) < 4.78 is 5.49. The van der Waals surface area contributed by atoms with Gasteiger partial charge in [0, 0.05) is 17.1 Å². The van der Waals surface area contributed by atoms with Crippen LogP contribution < -0.4 is 0 Å². The third-order valence-electron chi connectivity index (χ3n) is 3.35. The molecule has 0 saturated heterocycles. The normalized spacial score (nSPS) is 12.8. The number of aliphatic hydroxyl groups is 1. The molecule has 0 spiro atoms. The highest BCUT2D eigenvalue weighted by Gasteiger charge is 2.18. The van der Waals surface area contributed by atoms with Gasteiger partial charge in [-0.05, 0) is 37.6 Å². The molecule has 19 heavy (non-hydrogen) atoms. The first-order chi connectivity index (χ1) is 9.16. The summed E-state index contributed by atoms with van der Waals surface area (Å²) in [5.41, 5.74) is 2.56. The molecule has 3 nitrogen and oxygen atoms in total. The van der Waals surface area contributed by atoms with Crippen molar-refractivity contribution >= 4 is 10.9 Å². The summed E-state index contributed by atoms with van der Waals surface area (Å²) in [6.07, 6.45) is 1.07. The monoisotopic (exact) mass is 253 g/mol. The number of hydrogen-bond acceptors (Lipinski definition) is 3. The van der Waals surface area contributed by atoms with Crippen molar-refractivity contribution in [1.82, 2.24) is 4.98 Å². The molecular formula is C16H15NO2. The summed E-state index contributed by atoms with van der Waals surface area (Å²) in [7, 11) is 0. The van der Waals surface area contributed by atoms with E-state index in [1.165, 1.54) is 0 Å². The zero-order chi connectivity index (χ0) is 13.4. The Kier molecular flexibility index (Phi) is 2.84. The van der Waals surface area contributed by atoms with Crippen LogP contribution in [0, 0.1) is 13.8 Å². The predicted octanol–water partition coefficient (Wildman–Crippen LogP) is 3.53. The maximum Gasteiger partial charge on any atom is 0.108 e. The molecule has 1 unspecified atom stereocenters. The van der Waals surface area contributed by atoms with Crippen molar-refractivity contribution < 1.29 is 9.52 Å². The van der Waals surface area contributed by atoms with E-state index in [4.69, 9.17) is 4.42 Å². The number of hydrogen-bond donors (Lipinski definition) is 1. The Hall–Kier alpha value is -2.13. The van der Waals surface area contributed by atoms with Crippen LogP contribution in [0.4, 0.5) is 0 Å². The topological polar surface area (TPSA) is 46.3 Å². The van der Waals surface area contributed by atoms with Crippen molar-refractivity contribution in [2.45, 2.75) is 20.0 Å². The van der Waals surface area contributed by atoms with E-state index in [2.05, 4.69) is 4.98 Å². The average Bonchev–Trinajstić information content (AvgIpc) is 2.76. The zero-order valence-electron chi connectivity index (χ0n) is 10.9. The van der Waals surface area contributed by atoms with Gasteiger partial charge in [-0.25, -0.2) is 0 Å². The summed E-state index contributed by atoms with van der Waals surface area (Å²) in [6, 6.07) is 11.5. The first kappa shape index (κ1) is 11.9. The summed E-state index contributed by atoms with van der Waals surface area (Å²) in [4.78, 5) is 4.31. The lowest BCUT2D eigenvalue weighted by atomic mass is 9.98. The molecule has 96 valence electrons. The number of fused-ring (bicyclic) bond motifs is 1. The lowest BCUT2D eigenvalue weighted by molar-refractivity contribution is 0.219. The standard InChI is InChI=1S/C16H15NO2/c1-10-9-14(11(2)19-10)16(18)13-5-3-7-15-12(13)6-4-8-17-15/h3-9,16,18H,1-2H3. The molecule has 0 amide bonds. The second-order valence-corrected chi connectivity index (χ2v) is 4.69. The highest BCUT2D eigenvalue weighted by atomic mass is 16.3. The largest absolute Gasteiger partial charge is 0.466 e. The third-order valence-corrected chi connectivity index (χ3v) is 3.35. The van der Waals surface area contributed by atoms with Gasteiger partial charge in [0.2, 0.25) is 0 Å². The number of nitrogens with zero attached hydrogens (tertiary/aromatic N) is 1. The smallest absolute Gasteiger partial charge is 0.108 e. The number of furan rings is 1. The van der Waals surface area contributed by atoms with Gasteiger partial charge in [0.1, 0.15) is 17.6 Å². The molecule has 0 saturated carbocycles. The van der Waals surface area contributed by atoms with Crippen LogP contribution in [-0.2, 0) is 0 Å². The average molecular weight is 253 g/mol. The van der Waals surface area contributed by atoms with Crippen LogP contribution in [0.3, 0.4) is 0 Å². The Bertz CT molecular complexity index is 725. The van der Waals surface area contributed by atoms with Gasteiger partial charge in [0.15, 0.2) is 0 Å². The van der Waals surface area contributed by atoms with Crippen molar-refractivity contribution in [3.63, 3.8) is 0 Å². The minimum absolute atomic E-state index is 0.689. The van der Waals surface area contributed by atoms with Crippen LogP contribution in [0.1, 0.15) is 28.8 Å². The third kappa shape index (κ3) is 2.02. The van der Waals surface area contributed by atoms with E-state index in [1.54, 1.807) is 6.20 Å². The molecule has 1 N–H and O–H groups in total. The van der Waals surface area contributed by atoms with Crippen molar-refractivity contribution in [2.75, 3.05) is 0 Å². The van der Waals surface area contributed by atoms with Crippen LogP contribution >= 0.6 is 0 Å². The number of aromatic nitrogens is 1. The van der Waals surface area contributed by atoms with E-state index >= 15 is 0 Å². The highest BCUT2D eigenvalue weighted by Crippen LogP contribution is 2.31. The minimum Gasteiger partial charge on any atom is -0.466 e. The second kappa shape index (κ2) is 4.52. The van der Waals surface area contributed by atoms with Gasteiger partial charge < -0.3 is 9.52 Å². The quantitative estimate of drug-likeness (QED) is 0.760. The predicted molar refractivity (Wildman–Crippen MR) is 74.0 cm³/mol. The van der Waals surface area contributed by atoms with Crippen molar-refractivity contribution in [3.8, 4) is 0 Å². The Morgan fingerprint density at radius 2 is 1.95 bits per heavy atom. The van der Waals surface area contributed by atoms with Crippen LogP contribution in [-0.4, -0.2) is 10.1 Å². The molecule has 3 rings (SSSR count). The van der Waals surface area contributed by atoms with E-state index in [1.807, 2.05) is 50.2 Å². The number of aliphatic hydroxyl groups excluding tert-OH is 1. The molecule has 0 aliphatic carbocycles. The fraction of sp³-hybridized carbons (Fsp3) is 0.188. The molecule has 3 aromatic rings. The lowest BCUT2D eigenvalue weighted by Gasteiger charge is -2.12. The van der Waals surface area contributed by atoms with Crippen molar-refractivity contribution in [3.05, 3.63) is 65.2 Å². The maximum absolute atomic E-state index is 10.6. The Labute approximate surface area is 111 Å². The molecule has 0 bridgehead atoms. The summed E-state index contributed by atoms with van der Waals surface area (Å²) in [6.45, 7) is 3.75. The van der Waals surface area contributed by atoms with Gasteiger partial charge in [-0.1, -0.05) is 18.2 Å². The molecule has 2 heterocycles. The number of pyridine rings is 1. The molecule has 0 aliphatic rings. The van der Waals surface area contributed by atoms with Crippen LogP contribution in [0.5, 0.6) is 0 Å². The van der Waals surface area contributed by atoms with Gasteiger partial charge in [-0.2, -0.15) is 0 Å². The summed E-state index contributed by atoms with van der Waals surface area (Å²) >= 11 is 0. The van der Waals surface area contributed by atoms with E-state index in [-0.39, 0.29) is 0 Å². The van der Waals surface area contributed by atoms with Crippen molar-refractivity contribution in [1.29, 1.82) is 0 Å². The Morgan fingerprint density at radius 3 is 2.68 bits per heavy atom. The fourth-order valence-electron chi connectivity index (χ4n) is 2.46. The number of benzene rings is 1. The second-order valence-electron chi connectivity index (χ2n) is 4.69. The van der Waals surface area contributed by atoms with E-state index in [9.17, 15) is 5.11 Å². The molecule has 3 heteroatoms. The summed E-state index contributed by atoms with van der Waals surface area (Å²) in [5, 5.41) is 11.6. The van der Waals surface area contributed by atoms with Gasteiger partial charge >= 0.3 is 0 Å². The summed E-state index contributed by atoms with van der Waals surface area (Å²) in [5.74, 6) is 1.57. The SMILES string of the molecule is Cc1cc(C(O)c2cccc3ncccc23)c(C)o1. The zero-order valence-corrected chi connectivity index (χ0v) is 10.9. The highest BCUT2D eigenvalue weighted by molar-refractivity contribution is 5.82. The molecule has 1 atom stereocenters. The molecule has 0 aliphatic heterocycles. The molecule has 1 aromatic carbocycles. The number of rotatable bonds is 2. The van der Waals surface area contributed by atoms with Crippen LogP contribution in [0.25, 0.3) is 10.9 Å². The molecule has 2 aromatic heterocycles. The Morgan fingerprint density at radius 1 is 1.11 bits per heavy atom. The molecule has 0 radical (unpaired) electrons. The Balaban J connectivity index is 2.16. The minimum atomic E-state index is -0.689. The van der Waals surface area contributed by atoms with Crippen LogP contribution in [0.15, 0.2) is 47.0 Å². The molecule has 0 fully saturated rings. The first-order valence-corrected chi connectivity index (χ1v) is 6.25. The van der Waals surface area contributed by atoms with E-state index in [0.717, 1.165) is 33.6 Å². The number of aryl methyl sites for hydroxylation is 2. The maximum atomic E-state index is 10.6. The lowest BCUT2D eigenvalue weighted by Crippen LogP contribution is -2.01. The fourth-order valence-corrected chi connectivity index (χ4v) is 2.46. The van der Waals surface area contributed by atoms with Gasteiger partial charge in [0.25, 0.3) is 0 Å². The van der Waals surface area contributed by atoms with Crippen LogP contribution in [0.2, 0.25) is 0 Å². The van der Waals surface area contributed by atoms with Crippen molar-refractivity contribution in [2.24, 2.45) is 0 Å². The van der Waals surface area contributed by atoms with Gasteiger partial charge in [0.05, 0.1) is 5.52 Å². The van der Waals surface area contributed by atoms with E-state index < -0.39 is 6.10 Å².